The van der Waals surface area contributed by atoms with Crippen molar-refractivity contribution in [1.29, 1.82) is 0 Å². The van der Waals surface area contributed by atoms with Gasteiger partial charge in [-0.05, 0) is 42.5 Å². The molecule has 0 bridgehead atoms. The molecule has 47 heavy (non-hydrogen) atoms. The molecule has 4 aromatic heterocycles. The Kier molecular flexibility index (Phi) is 5.64. The first kappa shape index (κ1) is 26.1. The number of hydrogen-bond donors (Lipinski definition) is 0. The van der Waals surface area contributed by atoms with Crippen LogP contribution < -0.4 is 0 Å². The van der Waals surface area contributed by atoms with Crippen molar-refractivity contribution in [3.8, 4) is 45.6 Å². The number of benzene rings is 6. The van der Waals surface area contributed by atoms with Crippen LogP contribution in [0.15, 0.2) is 142 Å². The lowest BCUT2D eigenvalue weighted by atomic mass is 10.0. The summed E-state index contributed by atoms with van der Waals surface area (Å²) in [6.45, 7) is 0. The molecule has 0 aliphatic rings. The molecule has 4 heterocycles. The van der Waals surface area contributed by atoms with Crippen molar-refractivity contribution < 1.29 is 8.83 Å². The number of thiophene rings is 1. The van der Waals surface area contributed by atoms with Crippen molar-refractivity contribution >= 4 is 64.5 Å². The molecular formula is C40H22N4O2S. The van der Waals surface area contributed by atoms with E-state index in [9.17, 15) is 0 Å². The van der Waals surface area contributed by atoms with Crippen molar-refractivity contribution in [2.75, 3.05) is 0 Å². The lowest BCUT2D eigenvalue weighted by Gasteiger charge is -2.10. The molecule has 0 amide bonds. The quantitative estimate of drug-likeness (QED) is 0.194. The van der Waals surface area contributed by atoms with Crippen molar-refractivity contribution in [3.63, 3.8) is 0 Å². The number of aromatic nitrogens is 4. The van der Waals surface area contributed by atoms with Crippen LogP contribution in [0.5, 0.6) is 0 Å². The normalized spacial score (nSPS) is 11.8. The molecule has 6 nitrogen and oxygen atoms in total. The van der Waals surface area contributed by atoms with Crippen molar-refractivity contribution in [1.82, 2.24) is 19.9 Å². The van der Waals surface area contributed by atoms with Crippen LogP contribution in [0.2, 0.25) is 0 Å². The van der Waals surface area contributed by atoms with E-state index >= 15 is 0 Å². The molecule has 0 saturated carbocycles. The SMILES string of the molecule is c1ccc(-c2nc(-c3ccc4c(c3)sc3ccccc34)nc(-c3cccc4oc5cccc(-c6nc7ccccc7o6)c5c34)n2)cc1. The molecular weight excluding hydrogens is 601 g/mol. The third-order valence-corrected chi connectivity index (χ3v) is 9.73. The van der Waals surface area contributed by atoms with Crippen LogP contribution in [-0.4, -0.2) is 19.9 Å². The van der Waals surface area contributed by atoms with E-state index in [0.29, 0.717) is 23.4 Å². The molecule has 220 valence electrons. The van der Waals surface area contributed by atoms with Crippen molar-refractivity contribution in [2.24, 2.45) is 0 Å². The van der Waals surface area contributed by atoms with Crippen LogP contribution in [0.3, 0.4) is 0 Å². The van der Waals surface area contributed by atoms with Gasteiger partial charge in [0.15, 0.2) is 23.1 Å². The smallest absolute Gasteiger partial charge is 0.228 e. The van der Waals surface area contributed by atoms with Crippen LogP contribution in [-0.2, 0) is 0 Å². The van der Waals surface area contributed by atoms with Gasteiger partial charge in [-0.15, -0.1) is 11.3 Å². The topological polar surface area (TPSA) is 77.8 Å². The second-order valence-electron chi connectivity index (χ2n) is 11.4. The zero-order valence-electron chi connectivity index (χ0n) is 24.7. The van der Waals surface area contributed by atoms with Crippen molar-refractivity contribution in [3.05, 3.63) is 133 Å². The molecule has 6 aromatic carbocycles. The molecule has 7 heteroatoms. The fourth-order valence-electron chi connectivity index (χ4n) is 6.43. The highest BCUT2D eigenvalue weighted by Gasteiger charge is 2.22. The highest BCUT2D eigenvalue weighted by atomic mass is 32.1. The first-order valence-corrected chi connectivity index (χ1v) is 16.1. The number of para-hydroxylation sites is 2. The second-order valence-corrected chi connectivity index (χ2v) is 12.5. The maximum atomic E-state index is 6.42. The van der Waals surface area contributed by atoms with Gasteiger partial charge in [0.2, 0.25) is 5.89 Å². The lowest BCUT2D eigenvalue weighted by Crippen LogP contribution is -2.00. The molecule has 0 unspecified atom stereocenters. The standard InChI is InChI=1S/C40H22N4O2S/c1-2-10-23(11-3-1)37-42-38(24-20-21-26-25-12-4-7-19-33(25)47-34(26)22-24)44-39(43-37)27-13-8-17-31-35(27)36-28(14-9-18-32(36)45-31)40-41-29-15-5-6-16-30(29)46-40/h1-22H. The summed E-state index contributed by atoms with van der Waals surface area (Å²) in [5, 5.41) is 4.29. The summed E-state index contributed by atoms with van der Waals surface area (Å²) in [6, 6.07) is 44.8. The molecule has 0 radical (unpaired) electrons. The molecule has 0 spiro atoms. The summed E-state index contributed by atoms with van der Waals surface area (Å²) in [4.78, 5) is 20.0. The Morgan fingerprint density at radius 1 is 0.426 bits per heavy atom. The Bertz CT molecular complexity index is 2780. The van der Waals surface area contributed by atoms with E-state index in [0.717, 1.165) is 55.3 Å². The zero-order valence-corrected chi connectivity index (χ0v) is 25.5. The van der Waals surface area contributed by atoms with Crippen LogP contribution in [0, 0.1) is 0 Å². The van der Waals surface area contributed by atoms with E-state index in [1.165, 1.54) is 20.2 Å². The highest BCUT2D eigenvalue weighted by molar-refractivity contribution is 7.25. The average Bonchev–Trinajstić information content (AvgIpc) is 3.84. The van der Waals surface area contributed by atoms with Gasteiger partial charge in [0.1, 0.15) is 16.7 Å². The summed E-state index contributed by atoms with van der Waals surface area (Å²) in [5.41, 5.74) is 6.54. The Morgan fingerprint density at radius 3 is 1.94 bits per heavy atom. The van der Waals surface area contributed by atoms with Crippen LogP contribution in [0.25, 0.3) is 98.8 Å². The van der Waals surface area contributed by atoms with E-state index < -0.39 is 0 Å². The maximum Gasteiger partial charge on any atom is 0.228 e. The van der Waals surface area contributed by atoms with Crippen molar-refractivity contribution in [2.45, 2.75) is 0 Å². The lowest BCUT2D eigenvalue weighted by molar-refractivity contribution is 0.620. The summed E-state index contributed by atoms with van der Waals surface area (Å²) in [7, 11) is 0. The predicted octanol–water partition coefficient (Wildman–Crippen LogP) is 10.9. The van der Waals surface area contributed by atoms with Crippen LogP contribution >= 0.6 is 11.3 Å². The molecule has 0 fully saturated rings. The highest BCUT2D eigenvalue weighted by Crippen LogP contribution is 2.42. The third kappa shape index (κ3) is 4.17. The molecule has 0 aliphatic carbocycles. The van der Waals surface area contributed by atoms with E-state index in [1.54, 1.807) is 11.3 Å². The summed E-state index contributed by atoms with van der Waals surface area (Å²) >= 11 is 1.78. The monoisotopic (exact) mass is 622 g/mol. The van der Waals surface area contributed by atoms with Gasteiger partial charge in [0.25, 0.3) is 0 Å². The number of furan rings is 1. The predicted molar refractivity (Wildman–Crippen MR) is 189 cm³/mol. The van der Waals surface area contributed by atoms with E-state index in [4.69, 9.17) is 28.8 Å². The largest absolute Gasteiger partial charge is 0.456 e. The average molecular weight is 623 g/mol. The first-order valence-electron chi connectivity index (χ1n) is 15.3. The molecule has 0 atom stereocenters. The van der Waals surface area contributed by atoms with E-state index in [-0.39, 0.29) is 0 Å². The Hall–Kier alpha value is -6.18. The maximum absolute atomic E-state index is 6.42. The number of hydrogen-bond acceptors (Lipinski definition) is 7. The minimum Gasteiger partial charge on any atom is -0.456 e. The van der Waals surface area contributed by atoms with Gasteiger partial charge in [-0.25, -0.2) is 19.9 Å². The van der Waals surface area contributed by atoms with Gasteiger partial charge >= 0.3 is 0 Å². The molecule has 0 aliphatic heterocycles. The van der Waals surface area contributed by atoms with Gasteiger partial charge in [0.05, 0.1) is 0 Å². The molecule has 0 N–H and O–H groups in total. The van der Waals surface area contributed by atoms with E-state index in [1.807, 2.05) is 91.0 Å². The molecule has 10 aromatic rings. The first-order chi connectivity index (χ1) is 23.3. The van der Waals surface area contributed by atoms with E-state index in [2.05, 4.69) is 42.5 Å². The minimum atomic E-state index is 0.534. The molecule has 10 rings (SSSR count). The third-order valence-electron chi connectivity index (χ3n) is 8.59. The fraction of sp³-hybridized carbons (Fsp3) is 0. The van der Waals surface area contributed by atoms with Gasteiger partial charge < -0.3 is 8.83 Å². The van der Waals surface area contributed by atoms with Gasteiger partial charge in [-0.2, -0.15) is 0 Å². The van der Waals surface area contributed by atoms with Crippen LogP contribution in [0.1, 0.15) is 0 Å². The van der Waals surface area contributed by atoms with Gasteiger partial charge in [0, 0.05) is 53.2 Å². The number of rotatable bonds is 4. The number of fused-ring (bicyclic) bond motifs is 7. The fourth-order valence-corrected chi connectivity index (χ4v) is 7.57. The summed E-state index contributed by atoms with van der Waals surface area (Å²) in [5.74, 6) is 2.31. The zero-order chi connectivity index (χ0) is 30.9. The number of nitrogens with zero attached hydrogens (tertiary/aromatic N) is 4. The Balaban J connectivity index is 1.23. The summed E-state index contributed by atoms with van der Waals surface area (Å²) < 4.78 is 15.1. The van der Waals surface area contributed by atoms with Gasteiger partial charge in [-0.1, -0.05) is 91.0 Å². The van der Waals surface area contributed by atoms with Gasteiger partial charge in [-0.3, -0.25) is 0 Å². The Labute approximate surface area is 271 Å². The Morgan fingerprint density at radius 2 is 1.09 bits per heavy atom. The number of oxazole rings is 1. The molecule has 0 saturated heterocycles. The summed E-state index contributed by atoms with van der Waals surface area (Å²) in [6.07, 6.45) is 0. The van der Waals surface area contributed by atoms with Crippen LogP contribution in [0.4, 0.5) is 0 Å². The second kappa shape index (κ2) is 10.2. The minimum absolute atomic E-state index is 0.534.